The molecule has 2 aliphatic rings. The number of hydrogen-bond acceptors (Lipinski definition) is 6. The number of nitrogens with zero attached hydrogens (tertiary/aromatic N) is 5. The summed E-state index contributed by atoms with van der Waals surface area (Å²) in [5.74, 6) is 1.66. The van der Waals surface area contributed by atoms with Crippen LogP contribution in [0, 0.1) is 10.7 Å². The van der Waals surface area contributed by atoms with Crippen molar-refractivity contribution in [1.82, 2.24) is 24.1 Å². The van der Waals surface area contributed by atoms with Gasteiger partial charge in [0.1, 0.15) is 0 Å². The summed E-state index contributed by atoms with van der Waals surface area (Å²) < 4.78 is 9.57. The van der Waals surface area contributed by atoms with Crippen LogP contribution >= 0.6 is 12.2 Å². The second kappa shape index (κ2) is 9.78. The smallest absolute Gasteiger partial charge is 0.222 e. The number of hydrogen-bond donors (Lipinski definition) is 1. The first-order valence-corrected chi connectivity index (χ1v) is 11.4. The minimum atomic E-state index is -0.390. The highest BCUT2D eigenvalue weighted by atomic mass is 32.1. The number of aromatic nitrogens is 3. The van der Waals surface area contributed by atoms with E-state index < -0.39 is 5.91 Å². The van der Waals surface area contributed by atoms with Crippen molar-refractivity contribution < 1.29 is 14.0 Å². The molecule has 10 heteroatoms. The van der Waals surface area contributed by atoms with Crippen LogP contribution in [0.2, 0.25) is 0 Å². The number of carbonyl (C=O) groups is 2. The number of furan rings is 1. The van der Waals surface area contributed by atoms with E-state index in [9.17, 15) is 9.59 Å². The molecule has 31 heavy (non-hydrogen) atoms. The van der Waals surface area contributed by atoms with Crippen molar-refractivity contribution in [2.45, 2.75) is 51.7 Å². The molecule has 2 amide bonds. The number of amides is 2. The number of rotatable bonds is 8. The molecule has 2 aromatic rings. The van der Waals surface area contributed by atoms with E-state index in [0.29, 0.717) is 47.8 Å². The predicted molar refractivity (Wildman–Crippen MR) is 117 cm³/mol. The van der Waals surface area contributed by atoms with Gasteiger partial charge in [0.2, 0.25) is 11.8 Å². The number of carbonyl (C=O) groups excluding carboxylic acids is 2. The van der Waals surface area contributed by atoms with Crippen LogP contribution in [0.3, 0.4) is 0 Å². The lowest BCUT2D eigenvalue weighted by atomic mass is 10.0. The molecule has 0 radical (unpaired) electrons. The lowest BCUT2D eigenvalue weighted by molar-refractivity contribution is -0.134. The Labute approximate surface area is 186 Å². The molecule has 0 unspecified atom stereocenters. The van der Waals surface area contributed by atoms with Crippen LogP contribution in [0.25, 0.3) is 11.6 Å². The van der Waals surface area contributed by atoms with Gasteiger partial charge in [0.05, 0.1) is 12.9 Å². The molecule has 0 aromatic carbocycles. The Hall–Kier alpha value is -2.46. The van der Waals surface area contributed by atoms with Gasteiger partial charge in [-0.3, -0.25) is 19.1 Å². The second-order valence-corrected chi connectivity index (χ2v) is 8.81. The van der Waals surface area contributed by atoms with Gasteiger partial charge >= 0.3 is 0 Å². The Morgan fingerprint density at radius 3 is 2.58 bits per heavy atom. The van der Waals surface area contributed by atoms with Gasteiger partial charge in [0.25, 0.3) is 0 Å². The first-order valence-electron chi connectivity index (χ1n) is 11.0. The van der Waals surface area contributed by atoms with Crippen molar-refractivity contribution in [3.8, 4) is 11.6 Å². The molecule has 1 saturated heterocycles. The third kappa shape index (κ3) is 5.24. The molecule has 2 fully saturated rings. The van der Waals surface area contributed by atoms with E-state index in [0.717, 1.165) is 26.2 Å². The molecular formula is C21H30N6O3S. The third-order valence-electron chi connectivity index (χ3n) is 6.24. The molecule has 168 valence electrons. The molecule has 2 N–H and O–H groups in total. The first-order chi connectivity index (χ1) is 15.0. The maximum absolute atomic E-state index is 12.6. The van der Waals surface area contributed by atoms with Crippen molar-refractivity contribution in [1.29, 1.82) is 0 Å². The second-order valence-electron chi connectivity index (χ2n) is 8.45. The van der Waals surface area contributed by atoms with Crippen LogP contribution in [0.5, 0.6) is 0 Å². The Morgan fingerprint density at radius 2 is 1.94 bits per heavy atom. The van der Waals surface area contributed by atoms with Crippen LogP contribution in [-0.2, 0) is 22.8 Å². The Balaban J connectivity index is 1.39. The van der Waals surface area contributed by atoms with Gasteiger partial charge in [-0.25, -0.2) is 4.68 Å². The molecule has 2 aromatic heterocycles. The summed E-state index contributed by atoms with van der Waals surface area (Å²) >= 11 is 5.63. The van der Waals surface area contributed by atoms with Crippen LogP contribution in [-0.4, -0.2) is 62.1 Å². The summed E-state index contributed by atoms with van der Waals surface area (Å²) in [6.45, 7) is 3.90. The quantitative estimate of drug-likeness (QED) is 0.624. The van der Waals surface area contributed by atoms with E-state index in [1.165, 1.54) is 25.7 Å². The maximum Gasteiger partial charge on any atom is 0.222 e. The van der Waals surface area contributed by atoms with Gasteiger partial charge in [-0.2, -0.15) is 0 Å². The molecule has 9 nitrogen and oxygen atoms in total. The van der Waals surface area contributed by atoms with Gasteiger partial charge in [-0.1, -0.05) is 12.8 Å². The fourth-order valence-corrected chi connectivity index (χ4v) is 4.74. The molecule has 1 saturated carbocycles. The van der Waals surface area contributed by atoms with Crippen LogP contribution in [0.15, 0.2) is 22.8 Å². The largest absolute Gasteiger partial charge is 0.461 e. The summed E-state index contributed by atoms with van der Waals surface area (Å²) in [7, 11) is 0. The minimum Gasteiger partial charge on any atom is -0.461 e. The number of primary amides is 1. The SMILES string of the molecule is NC(=O)CCn1c(-c2ccco2)nn(CN2CCN(C(=O)CC3CCCC3)CC2)c1=S. The van der Waals surface area contributed by atoms with E-state index in [1.807, 2.05) is 11.0 Å². The molecule has 4 rings (SSSR count). The summed E-state index contributed by atoms with van der Waals surface area (Å²) in [6, 6.07) is 3.61. The number of nitrogens with two attached hydrogens (primary N) is 1. The van der Waals surface area contributed by atoms with Gasteiger partial charge in [0.15, 0.2) is 16.4 Å². The molecule has 3 heterocycles. The minimum absolute atomic E-state index is 0.176. The summed E-state index contributed by atoms with van der Waals surface area (Å²) in [6.07, 6.45) is 7.37. The van der Waals surface area contributed by atoms with Crippen molar-refractivity contribution in [3.05, 3.63) is 23.2 Å². The standard InChI is InChI=1S/C21H30N6O3S/c22-18(28)7-8-26-20(17-6-3-13-30-17)23-27(21(26)31)15-24-9-11-25(12-10-24)19(29)14-16-4-1-2-5-16/h3,6,13,16H,1-2,4-5,7-12,14-15H2,(H2,22,28). The molecule has 0 atom stereocenters. The average Bonchev–Trinajstić information content (AvgIpc) is 3.50. The molecular weight excluding hydrogens is 416 g/mol. The van der Waals surface area contributed by atoms with Gasteiger partial charge in [-0.05, 0) is 43.1 Å². The maximum atomic E-state index is 12.6. The normalized spacial score (nSPS) is 18.0. The zero-order valence-electron chi connectivity index (χ0n) is 17.7. The highest BCUT2D eigenvalue weighted by Crippen LogP contribution is 2.28. The zero-order valence-corrected chi connectivity index (χ0v) is 18.6. The predicted octanol–water partition coefficient (Wildman–Crippen LogP) is 2.23. The fourth-order valence-electron chi connectivity index (χ4n) is 4.46. The monoisotopic (exact) mass is 446 g/mol. The number of piperazine rings is 1. The summed E-state index contributed by atoms with van der Waals surface area (Å²) in [5, 5.41) is 4.65. The Morgan fingerprint density at radius 1 is 1.19 bits per heavy atom. The van der Waals surface area contributed by atoms with Crippen LogP contribution < -0.4 is 5.73 Å². The van der Waals surface area contributed by atoms with Crippen molar-refractivity contribution in [2.75, 3.05) is 26.2 Å². The molecule has 0 bridgehead atoms. The van der Waals surface area contributed by atoms with Gasteiger partial charge in [0, 0.05) is 45.6 Å². The Bertz CT molecular complexity index is 952. The fraction of sp³-hybridized carbons (Fsp3) is 0.619. The molecule has 1 aliphatic heterocycles. The topological polar surface area (TPSA) is 103 Å². The van der Waals surface area contributed by atoms with Crippen molar-refractivity contribution in [3.63, 3.8) is 0 Å². The molecule has 0 spiro atoms. The van der Waals surface area contributed by atoms with Crippen molar-refractivity contribution in [2.24, 2.45) is 11.7 Å². The van der Waals surface area contributed by atoms with E-state index in [4.69, 9.17) is 22.4 Å². The van der Waals surface area contributed by atoms with Crippen LogP contribution in [0.1, 0.15) is 38.5 Å². The van der Waals surface area contributed by atoms with Gasteiger partial charge < -0.3 is 15.1 Å². The average molecular weight is 447 g/mol. The zero-order chi connectivity index (χ0) is 21.8. The van der Waals surface area contributed by atoms with E-state index in [-0.39, 0.29) is 6.42 Å². The van der Waals surface area contributed by atoms with E-state index in [1.54, 1.807) is 21.6 Å². The first kappa shape index (κ1) is 21.8. The highest BCUT2D eigenvalue weighted by Gasteiger charge is 2.26. The van der Waals surface area contributed by atoms with Gasteiger partial charge in [-0.15, -0.1) is 5.10 Å². The lowest BCUT2D eigenvalue weighted by Gasteiger charge is -2.35. The summed E-state index contributed by atoms with van der Waals surface area (Å²) in [5.41, 5.74) is 5.33. The summed E-state index contributed by atoms with van der Waals surface area (Å²) in [4.78, 5) is 28.1. The third-order valence-corrected chi connectivity index (χ3v) is 6.67. The van der Waals surface area contributed by atoms with Crippen molar-refractivity contribution >= 4 is 24.0 Å². The lowest BCUT2D eigenvalue weighted by Crippen LogP contribution is -2.49. The molecule has 1 aliphatic carbocycles. The van der Waals surface area contributed by atoms with Crippen LogP contribution in [0.4, 0.5) is 0 Å². The highest BCUT2D eigenvalue weighted by molar-refractivity contribution is 7.71. The van der Waals surface area contributed by atoms with E-state index >= 15 is 0 Å². The van der Waals surface area contributed by atoms with E-state index in [2.05, 4.69) is 10.00 Å². The Kier molecular flexibility index (Phi) is 6.86.